The van der Waals surface area contributed by atoms with Gasteiger partial charge in [0.05, 0.1) is 0 Å². The lowest BCUT2D eigenvalue weighted by molar-refractivity contribution is -0.360. The summed E-state index contributed by atoms with van der Waals surface area (Å²) in [5.41, 5.74) is 0. The summed E-state index contributed by atoms with van der Waals surface area (Å²) in [5, 5.41) is 0. The van der Waals surface area contributed by atoms with Gasteiger partial charge in [0.2, 0.25) is 0 Å². The van der Waals surface area contributed by atoms with E-state index >= 15 is 0 Å². The Morgan fingerprint density at radius 3 is 0.920 bits per heavy atom. The second-order valence-electron chi connectivity index (χ2n) is 4.21. The molecule has 0 aliphatic rings. The fourth-order valence-electron chi connectivity index (χ4n) is 0.878. The molecule has 150 valence electrons. The minimum atomic E-state index is -6.70. The molecular formula is C8H4F14O2Si. The Balaban J connectivity index is 4.62. The zero-order valence-electron chi connectivity index (χ0n) is 11.0. The number of halogens is 14. The highest BCUT2D eigenvalue weighted by Crippen LogP contribution is 2.47. The summed E-state index contributed by atoms with van der Waals surface area (Å²) < 4.78 is 177. The van der Waals surface area contributed by atoms with Gasteiger partial charge in [0.1, 0.15) is 13.2 Å². The predicted molar refractivity (Wildman–Crippen MR) is 49.6 cm³/mol. The smallest absolute Gasteiger partial charge is 0.386 e. The molecule has 0 aromatic rings. The van der Waals surface area contributed by atoms with Crippen molar-refractivity contribution in [3.63, 3.8) is 0 Å². The van der Waals surface area contributed by atoms with Crippen molar-refractivity contribution in [2.45, 2.75) is 36.0 Å². The monoisotopic (exact) mass is 426 g/mol. The van der Waals surface area contributed by atoms with E-state index in [-0.39, 0.29) is 0 Å². The zero-order chi connectivity index (χ0) is 20.5. The number of rotatable bonds is 8. The average Bonchev–Trinajstić information content (AvgIpc) is 2.34. The van der Waals surface area contributed by atoms with Crippen molar-refractivity contribution in [2.24, 2.45) is 0 Å². The largest absolute Gasteiger partial charge is 0.459 e. The lowest BCUT2D eigenvalue weighted by Crippen LogP contribution is -2.55. The van der Waals surface area contributed by atoms with Crippen LogP contribution in [0.25, 0.3) is 0 Å². The summed E-state index contributed by atoms with van der Waals surface area (Å²) in [5.74, 6) is -24.9. The van der Waals surface area contributed by atoms with E-state index in [0.29, 0.717) is 0 Å². The second kappa shape index (κ2) is 7.05. The lowest BCUT2D eigenvalue weighted by Gasteiger charge is -2.28. The summed E-state index contributed by atoms with van der Waals surface area (Å²) >= 11 is 0. The van der Waals surface area contributed by atoms with E-state index in [0.717, 1.165) is 0 Å². The maximum Gasteiger partial charge on any atom is 0.459 e. The number of hydrogen-bond donors (Lipinski definition) is 0. The van der Waals surface area contributed by atoms with E-state index in [4.69, 9.17) is 0 Å². The van der Waals surface area contributed by atoms with Crippen LogP contribution in [0.4, 0.5) is 61.5 Å². The molecule has 0 fully saturated rings. The predicted octanol–water partition coefficient (Wildman–Crippen LogP) is 4.22. The van der Waals surface area contributed by atoms with E-state index in [1.54, 1.807) is 0 Å². The van der Waals surface area contributed by atoms with Crippen molar-refractivity contribution < 1.29 is 70.3 Å². The van der Waals surface area contributed by atoms with Crippen LogP contribution in [0.1, 0.15) is 0 Å². The maximum atomic E-state index is 12.6. The molecule has 2 radical (unpaired) electrons. The Labute approximate surface area is 131 Å². The van der Waals surface area contributed by atoms with Gasteiger partial charge in [0.25, 0.3) is 0 Å². The molecule has 0 aromatic carbocycles. The highest BCUT2D eigenvalue weighted by molar-refractivity contribution is 6.17. The molecule has 0 aliphatic heterocycles. The van der Waals surface area contributed by atoms with Gasteiger partial charge in [-0.3, -0.25) is 0 Å². The van der Waals surface area contributed by atoms with Crippen molar-refractivity contribution >= 4 is 10.0 Å². The third-order valence-electron chi connectivity index (χ3n) is 2.26. The molecule has 0 amide bonds. The van der Waals surface area contributed by atoms with Crippen LogP contribution in [0.5, 0.6) is 0 Å². The topological polar surface area (TPSA) is 18.5 Å². The molecular weight excluding hydrogens is 422 g/mol. The van der Waals surface area contributed by atoms with Crippen LogP contribution < -0.4 is 0 Å². The third kappa shape index (κ3) is 5.08. The van der Waals surface area contributed by atoms with Crippen LogP contribution in [0.15, 0.2) is 0 Å². The van der Waals surface area contributed by atoms with E-state index < -0.39 is 59.3 Å². The number of hydrogen-bond acceptors (Lipinski definition) is 2. The molecule has 25 heavy (non-hydrogen) atoms. The summed E-state index contributed by atoms with van der Waals surface area (Å²) in [7, 11) is -2.26. The molecule has 17 heteroatoms. The zero-order valence-corrected chi connectivity index (χ0v) is 12.0. The molecule has 0 heterocycles. The van der Waals surface area contributed by atoms with E-state index in [2.05, 4.69) is 8.85 Å². The number of alkyl halides is 14. The summed E-state index contributed by atoms with van der Waals surface area (Å²) in [6.45, 7) is -5.47. The summed E-state index contributed by atoms with van der Waals surface area (Å²) in [4.78, 5) is 0. The van der Waals surface area contributed by atoms with Gasteiger partial charge in [0.15, 0.2) is 0 Å². The van der Waals surface area contributed by atoms with E-state index in [1.807, 2.05) is 0 Å². The fourth-order valence-corrected chi connectivity index (χ4v) is 1.44. The second-order valence-corrected chi connectivity index (χ2v) is 4.96. The summed E-state index contributed by atoms with van der Waals surface area (Å²) in [6.07, 6.45) is -13.4. The minimum absolute atomic E-state index is 2.26. The standard InChI is InChI=1S/C8H4F14O2Si/c9-3(10,5(13,14)7(17,18)19)1-23-25-24-2-4(11,12)6(15,16)8(20,21)22/h1-2H2. The highest BCUT2D eigenvalue weighted by atomic mass is 28.3. The first-order valence-electron chi connectivity index (χ1n) is 5.34. The first-order valence-corrected chi connectivity index (χ1v) is 6.15. The van der Waals surface area contributed by atoms with Gasteiger partial charge in [-0.2, -0.15) is 61.5 Å². The molecule has 0 aliphatic carbocycles. The van der Waals surface area contributed by atoms with Gasteiger partial charge in [-0.25, -0.2) is 0 Å². The average molecular weight is 426 g/mol. The van der Waals surface area contributed by atoms with Gasteiger partial charge in [-0.1, -0.05) is 0 Å². The Hall–Kier alpha value is -0.843. The highest BCUT2D eigenvalue weighted by Gasteiger charge is 2.74. The van der Waals surface area contributed by atoms with Gasteiger partial charge in [-0.15, -0.1) is 0 Å². The van der Waals surface area contributed by atoms with Gasteiger partial charge < -0.3 is 8.85 Å². The van der Waals surface area contributed by atoms with Crippen LogP contribution in [-0.2, 0) is 8.85 Å². The lowest BCUT2D eigenvalue weighted by atomic mass is 10.2. The molecule has 0 aromatic heterocycles. The first kappa shape index (κ1) is 24.2. The first-order chi connectivity index (χ1) is 10.7. The molecule has 0 spiro atoms. The van der Waals surface area contributed by atoms with Crippen LogP contribution in [-0.4, -0.2) is 59.3 Å². The minimum Gasteiger partial charge on any atom is -0.386 e. The molecule has 0 rings (SSSR count). The molecule has 0 bridgehead atoms. The maximum absolute atomic E-state index is 12.6. The molecule has 0 atom stereocenters. The van der Waals surface area contributed by atoms with E-state index in [9.17, 15) is 61.5 Å². The van der Waals surface area contributed by atoms with Crippen molar-refractivity contribution in [3.05, 3.63) is 0 Å². The van der Waals surface area contributed by atoms with Crippen molar-refractivity contribution in [1.82, 2.24) is 0 Å². The Morgan fingerprint density at radius 2 is 0.720 bits per heavy atom. The van der Waals surface area contributed by atoms with Gasteiger partial charge >= 0.3 is 46.0 Å². The van der Waals surface area contributed by atoms with Crippen LogP contribution in [0.2, 0.25) is 0 Å². The van der Waals surface area contributed by atoms with Crippen LogP contribution in [0, 0.1) is 0 Å². The SMILES string of the molecule is FC(F)(F)C(F)(F)C(F)(F)CO[Si]OCC(F)(F)C(F)(F)C(F)(F)F. The van der Waals surface area contributed by atoms with E-state index in [1.165, 1.54) is 0 Å². The molecule has 0 N–H and O–H groups in total. The third-order valence-corrected chi connectivity index (χ3v) is 2.78. The Kier molecular flexibility index (Phi) is 6.81. The van der Waals surface area contributed by atoms with Crippen LogP contribution in [0.3, 0.4) is 0 Å². The normalized spacial score (nSPS) is 15.6. The quantitative estimate of drug-likeness (QED) is 0.329. The van der Waals surface area contributed by atoms with Crippen molar-refractivity contribution in [1.29, 1.82) is 0 Å². The molecule has 0 saturated heterocycles. The molecule has 2 nitrogen and oxygen atoms in total. The van der Waals surface area contributed by atoms with Gasteiger partial charge in [0, 0.05) is 0 Å². The van der Waals surface area contributed by atoms with Crippen molar-refractivity contribution in [2.75, 3.05) is 13.2 Å². The fraction of sp³-hybridized carbons (Fsp3) is 1.00. The van der Waals surface area contributed by atoms with Crippen LogP contribution >= 0.6 is 0 Å². The summed E-state index contributed by atoms with van der Waals surface area (Å²) in [6, 6.07) is 0. The molecule has 0 saturated carbocycles. The molecule has 0 unspecified atom stereocenters. The van der Waals surface area contributed by atoms with Crippen molar-refractivity contribution in [3.8, 4) is 0 Å². The van der Waals surface area contributed by atoms with Gasteiger partial charge in [-0.05, 0) is 0 Å². The Morgan fingerprint density at radius 1 is 0.480 bits per heavy atom. The Bertz CT molecular complexity index is 401.